The Hall–Kier alpha value is -1.53. The largest absolute Gasteiger partial charge is 0.496 e. The Morgan fingerprint density at radius 2 is 2.05 bits per heavy atom. The third-order valence-electron chi connectivity index (χ3n) is 3.29. The van der Waals surface area contributed by atoms with Gasteiger partial charge in [0.25, 0.3) is 5.91 Å². The number of nitrogens with zero attached hydrogens (tertiary/aromatic N) is 1. The van der Waals surface area contributed by atoms with E-state index < -0.39 is 0 Å². The molecule has 0 aliphatic carbocycles. The van der Waals surface area contributed by atoms with Crippen molar-refractivity contribution in [1.29, 1.82) is 0 Å². The van der Waals surface area contributed by atoms with Crippen LogP contribution in [0.1, 0.15) is 18.1 Å². The number of hydrogen-bond donors (Lipinski definition) is 0. The van der Waals surface area contributed by atoms with Crippen LogP contribution in [0, 0.1) is 6.92 Å². The van der Waals surface area contributed by atoms with Crippen molar-refractivity contribution < 1.29 is 14.3 Å². The van der Waals surface area contributed by atoms with Crippen LogP contribution in [0.3, 0.4) is 0 Å². The summed E-state index contributed by atoms with van der Waals surface area (Å²) in [5.74, 6) is 1.41. The Labute approximate surface area is 134 Å². The van der Waals surface area contributed by atoms with Crippen LogP contribution < -0.4 is 9.47 Å². The highest BCUT2D eigenvalue weighted by Gasteiger charge is 2.30. The summed E-state index contributed by atoms with van der Waals surface area (Å²) in [4.78, 5) is 14.5. The first-order valence-corrected chi connectivity index (χ1v) is 7.72. The van der Waals surface area contributed by atoms with Crippen molar-refractivity contribution >= 4 is 40.3 Å². The molecule has 0 unspecified atom stereocenters. The van der Waals surface area contributed by atoms with E-state index in [1.54, 1.807) is 19.1 Å². The van der Waals surface area contributed by atoms with E-state index in [2.05, 4.69) is 0 Å². The molecule has 1 fully saturated rings. The first-order chi connectivity index (χ1) is 10.0. The Morgan fingerprint density at radius 3 is 2.57 bits per heavy atom. The van der Waals surface area contributed by atoms with E-state index in [0.717, 1.165) is 16.9 Å². The van der Waals surface area contributed by atoms with Gasteiger partial charge in [-0.3, -0.25) is 9.69 Å². The van der Waals surface area contributed by atoms with Gasteiger partial charge >= 0.3 is 0 Å². The minimum absolute atomic E-state index is 0.0528. The summed E-state index contributed by atoms with van der Waals surface area (Å²) in [5.41, 5.74) is 1.74. The molecule has 0 atom stereocenters. The highest BCUT2D eigenvalue weighted by molar-refractivity contribution is 8.26. The maximum atomic E-state index is 12.2. The maximum Gasteiger partial charge on any atom is 0.266 e. The third-order valence-corrected chi connectivity index (χ3v) is 4.66. The summed E-state index contributed by atoms with van der Waals surface area (Å²) in [6, 6.07) is 3.74. The number of benzene rings is 1. The number of carbonyl (C=O) groups is 1. The normalized spacial score (nSPS) is 16.8. The van der Waals surface area contributed by atoms with Gasteiger partial charge in [0.2, 0.25) is 0 Å². The van der Waals surface area contributed by atoms with E-state index in [9.17, 15) is 4.79 Å². The molecule has 0 spiro atoms. The van der Waals surface area contributed by atoms with Crippen LogP contribution >= 0.6 is 24.0 Å². The fourth-order valence-corrected chi connectivity index (χ4v) is 3.59. The number of hydrogen-bond acceptors (Lipinski definition) is 5. The molecule has 1 heterocycles. The predicted molar refractivity (Wildman–Crippen MR) is 89.8 cm³/mol. The molecule has 1 aromatic carbocycles. The van der Waals surface area contributed by atoms with Crippen molar-refractivity contribution in [3.05, 3.63) is 28.2 Å². The highest BCUT2D eigenvalue weighted by atomic mass is 32.2. The van der Waals surface area contributed by atoms with E-state index in [0.29, 0.717) is 21.5 Å². The predicted octanol–water partition coefficient (Wildman–Crippen LogP) is 3.23. The van der Waals surface area contributed by atoms with Gasteiger partial charge in [-0.1, -0.05) is 24.0 Å². The van der Waals surface area contributed by atoms with Crippen molar-refractivity contribution in [1.82, 2.24) is 4.90 Å². The molecule has 1 aliphatic heterocycles. The zero-order chi connectivity index (χ0) is 15.6. The molecule has 1 amide bonds. The number of likely N-dealkylation sites (N-methyl/N-ethyl adjacent to an activating group) is 1. The quantitative estimate of drug-likeness (QED) is 0.628. The molecular weight excluding hydrogens is 306 g/mol. The number of amides is 1. The maximum absolute atomic E-state index is 12.2. The first kappa shape index (κ1) is 15.9. The van der Waals surface area contributed by atoms with Gasteiger partial charge < -0.3 is 9.47 Å². The number of thioether (sulfide) groups is 1. The highest BCUT2D eigenvalue weighted by Crippen LogP contribution is 2.37. The molecule has 2 rings (SSSR count). The van der Waals surface area contributed by atoms with Gasteiger partial charge in [0.1, 0.15) is 15.8 Å². The molecule has 112 valence electrons. The van der Waals surface area contributed by atoms with Gasteiger partial charge in [0, 0.05) is 17.7 Å². The van der Waals surface area contributed by atoms with E-state index >= 15 is 0 Å². The lowest BCUT2D eigenvalue weighted by atomic mass is 10.1. The van der Waals surface area contributed by atoms with Crippen LogP contribution in [0.4, 0.5) is 0 Å². The monoisotopic (exact) mass is 323 g/mol. The molecule has 4 nitrogen and oxygen atoms in total. The molecule has 1 aliphatic rings. The molecule has 0 aromatic heterocycles. The van der Waals surface area contributed by atoms with Crippen LogP contribution in [-0.4, -0.2) is 35.9 Å². The molecule has 0 radical (unpaired) electrons. The number of carbonyl (C=O) groups excluding carboxylic acids is 1. The van der Waals surface area contributed by atoms with E-state index in [1.165, 1.54) is 11.8 Å². The Kier molecular flexibility index (Phi) is 4.90. The summed E-state index contributed by atoms with van der Waals surface area (Å²) in [6.07, 6.45) is 1.82. The SMILES string of the molecule is CCN1C(=O)/C(=C/c2ccc(OC)c(C)c2OC)SC1=S. The molecule has 6 heteroatoms. The van der Waals surface area contributed by atoms with E-state index in [1.807, 2.05) is 32.1 Å². The molecule has 1 aromatic rings. The smallest absolute Gasteiger partial charge is 0.266 e. The summed E-state index contributed by atoms with van der Waals surface area (Å²) in [6.45, 7) is 4.42. The van der Waals surface area contributed by atoms with Crippen LogP contribution in [0.25, 0.3) is 6.08 Å². The van der Waals surface area contributed by atoms with Gasteiger partial charge in [-0.2, -0.15) is 0 Å². The summed E-state index contributed by atoms with van der Waals surface area (Å²) in [7, 11) is 3.23. The van der Waals surface area contributed by atoms with Crippen LogP contribution in [0.15, 0.2) is 17.0 Å². The lowest BCUT2D eigenvalue weighted by molar-refractivity contribution is -0.121. The number of thiocarbonyl (C=S) groups is 1. The van der Waals surface area contributed by atoms with Crippen molar-refractivity contribution in [2.75, 3.05) is 20.8 Å². The Morgan fingerprint density at radius 1 is 1.33 bits per heavy atom. The van der Waals surface area contributed by atoms with Gasteiger partial charge in [0.05, 0.1) is 19.1 Å². The molecule has 21 heavy (non-hydrogen) atoms. The van der Waals surface area contributed by atoms with Crippen molar-refractivity contribution in [2.24, 2.45) is 0 Å². The van der Waals surface area contributed by atoms with Gasteiger partial charge in [-0.25, -0.2) is 0 Å². The molecule has 1 saturated heterocycles. The lowest BCUT2D eigenvalue weighted by Gasteiger charge is -2.13. The molecule has 0 saturated carbocycles. The second-order valence-corrected chi connectivity index (χ2v) is 6.12. The lowest BCUT2D eigenvalue weighted by Crippen LogP contribution is -2.27. The van der Waals surface area contributed by atoms with E-state index in [-0.39, 0.29) is 5.91 Å². The zero-order valence-electron chi connectivity index (χ0n) is 12.4. The minimum Gasteiger partial charge on any atom is -0.496 e. The average molecular weight is 323 g/mol. The average Bonchev–Trinajstić information content (AvgIpc) is 2.73. The summed E-state index contributed by atoms with van der Waals surface area (Å²) < 4.78 is 11.3. The molecule has 0 N–H and O–H groups in total. The first-order valence-electron chi connectivity index (χ1n) is 6.50. The summed E-state index contributed by atoms with van der Waals surface area (Å²) in [5, 5.41) is 0. The van der Waals surface area contributed by atoms with Gasteiger partial charge in [-0.05, 0) is 32.1 Å². The summed E-state index contributed by atoms with van der Waals surface area (Å²) >= 11 is 6.53. The fraction of sp³-hybridized carbons (Fsp3) is 0.333. The second-order valence-electron chi connectivity index (χ2n) is 4.44. The van der Waals surface area contributed by atoms with Crippen molar-refractivity contribution in [3.63, 3.8) is 0 Å². The molecule has 0 bridgehead atoms. The third kappa shape index (κ3) is 2.91. The number of ether oxygens (including phenoxy) is 2. The standard InChI is InChI=1S/C15H17NO3S2/c1-5-16-14(17)12(21-15(16)20)8-10-6-7-11(18-3)9(2)13(10)19-4/h6-8H,5H2,1-4H3/b12-8-. The minimum atomic E-state index is -0.0528. The topological polar surface area (TPSA) is 38.8 Å². The fourth-order valence-electron chi connectivity index (χ4n) is 2.21. The van der Waals surface area contributed by atoms with Crippen molar-refractivity contribution in [2.45, 2.75) is 13.8 Å². The van der Waals surface area contributed by atoms with Crippen molar-refractivity contribution in [3.8, 4) is 11.5 Å². The Balaban J connectivity index is 2.44. The molecular formula is C15H17NO3S2. The van der Waals surface area contributed by atoms with E-state index in [4.69, 9.17) is 21.7 Å². The Bertz CT molecular complexity index is 626. The zero-order valence-corrected chi connectivity index (χ0v) is 14.1. The van der Waals surface area contributed by atoms with Gasteiger partial charge in [0.15, 0.2) is 0 Å². The van der Waals surface area contributed by atoms with Crippen LogP contribution in [-0.2, 0) is 4.79 Å². The van der Waals surface area contributed by atoms with Crippen LogP contribution in [0.2, 0.25) is 0 Å². The van der Waals surface area contributed by atoms with Crippen LogP contribution in [0.5, 0.6) is 11.5 Å². The second kappa shape index (κ2) is 6.49. The number of rotatable bonds is 4. The van der Waals surface area contributed by atoms with Gasteiger partial charge in [-0.15, -0.1) is 0 Å². The number of methoxy groups -OCH3 is 2.